The van der Waals surface area contributed by atoms with E-state index < -0.39 is 0 Å². The number of hydrogen-bond acceptors (Lipinski definition) is 2. The van der Waals surface area contributed by atoms with Crippen LogP contribution in [0.15, 0.2) is 30.7 Å². The van der Waals surface area contributed by atoms with Crippen molar-refractivity contribution in [1.82, 2.24) is 9.55 Å². The van der Waals surface area contributed by atoms with Crippen molar-refractivity contribution < 1.29 is 0 Å². The minimum Gasteiger partial charge on any atom is -0.384 e. The zero-order chi connectivity index (χ0) is 14.2. The predicted molar refractivity (Wildman–Crippen MR) is 86.5 cm³/mol. The zero-order valence-corrected chi connectivity index (χ0v) is 12.7. The number of hydrogen-bond donors (Lipinski definition) is 1. The van der Waals surface area contributed by atoms with Gasteiger partial charge in [0.05, 0.1) is 18.2 Å². The Morgan fingerprint density at radius 3 is 3.05 bits per heavy atom. The Morgan fingerprint density at radius 2 is 2.19 bits per heavy atom. The quantitative estimate of drug-likeness (QED) is 0.891. The third-order valence-corrected chi connectivity index (χ3v) is 5.19. The van der Waals surface area contributed by atoms with E-state index in [9.17, 15) is 0 Å². The van der Waals surface area contributed by atoms with Crippen LogP contribution in [-0.4, -0.2) is 16.1 Å². The molecule has 1 aliphatic carbocycles. The molecule has 1 saturated carbocycles. The monoisotopic (exact) mass is 281 g/mol. The van der Waals surface area contributed by atoms with Gasteiger partial charge >= 0.3 is 0 Å². The van der Waals surface area contributed by atoms with E-state index in [2.05, 4.69) is 40.0 Å². The van der Waals surface area contributed by atoms with Crippen LogP contribution in [0.2, 0.25) is 0 Å². The molecule has 0 radical (unpaired) electrons. The van der Waals surface area contributed by atoms with Crippen LogP contribution < -0.4 is 5.32 Å². The Bertz CT molecular complexity index is 644. The van der Waals surface area contributed by atoms with Gasteiger partial charge in [-0.3, -0.25) is 0 Å². The normalized spacial score (nSPS) is 24.6. The smallest absolute Gasteiger partial charge is 0.0953 e. The van der Waals surface area contributed by atoms with Crippen LogP contribution in [0.1, 0.15) is 44.2 Å². The Labute approximate surface area is 126 Å². The van der Waals surface area contributed by atoms with Crippen molar-refractivity contribution >= 4 is 5.69 Å². The molecule has 0 saturated heterocycles. The standard InChI is InChI=1S/C18H23N3/c1-13-5-2-9-16(13)21-12-19-11-17(21)15-8-3-6-14-7-4-10-20-18(14)15/h3,6,8,11-13,16,20H,2,4-5,7,9-10H2,1H3. The van der Waals surface area contributed by atoms with Crippen LogP contribution in [0.25, 0.3) is 11.3 Å². The van der Waals surface area contributed by atoms with Crippen molar-refractivity contribution in [1.29, 1.82) is 0 Å². The number of aryl methyl sites for hydroxylation is 1. The summed E-state index contributed by atoms with van der Waals surface area (Å²) in [5.74, 6) is 0.755. The highest BCUT2D eigenvalue weighted by molar-refractivity contribution is 5.79. The fourth-order valence-corrected chi connectivity index (χ4v) is 4.04. The summed E-state index contributed by atoms with van der Waals surface area (Å²) < 4.78 is 2.42. The van der Waals surface area contributed by atoms with Crippen LogP contribution >= 0.6 is 0 Å². The van der Waals surface area contributed by atoms with E-state index in [0.29, 0.717) is 6.04 Å². The zero-order valence-electron chi connectivity index (χ0n) is 12.7. The Balaban J connectivity index is 1.80. The summed E-state index contributed by atoms with van der Waals surface area (Å²) in [6.07, 6.45) is 10.5. The molecular formula is C18H23N3. The first-order valence-corrected chi connectivity index (χ1v) is 8.22. The number of fused-ring (bicyclic) bond motifs is 1. The Kier molecular flexibility index (Phi) is 3.21. The van der Waals surface area contributed by atoms with Crippen molar-refractivity contribution in [3.8, 4) is 11.3 Å². The van der Waals surface area contributed by atoms with E-state index in [1.165, 1.54) is 54.6 Å². The molecule has 3 nitrogen and oxygen atoms in total. The Morgan fingerprint density at radius 1 is 1.24 bits per heavy atom. The maximum absolute atomic E-state index is 4.46. The molecule has 1 N–H and O–H groups in total. The molecule has 0 bridgehead atoms. The van der Waals surface area contributed by atoms with Crippen molar-refractivity contribution in [2.75, 3.05) is 11.9 Å². The summed E-state index contributed by atoms with van der Waals surface area (Å²) in [4.78, 5) is 4.46. The van der Waals surface area contributed by atoms with Gasteiger partial charge in [0.2, 0.25) is 0 Å². The number of imidazole rings is 1. The summed E-state index contributed by atoms with van der Waals surface area (Å²) in [6.45, 7) is 3.46. The molecule has 2 aliphatic rings. The van der Waals surface area contributed by atoms with Crippen molar-refractivity contribution in [2.24, 2.45) is 5.92 Å². The van der Waals surface area contributed by atoms with Crippen LogP contribution in [0.5, 0.6) is 0 Å². The summed E-state index contributed by atoms with van der Waals surface area (Å²) in [6, 6.07) is 7.30. The molecule has 0 amide bonds. The average molecular weight is 281 g/mol. The highest BCUT2D eigenvalue weighted by atomic mass is 15.1. The minimum atomic E-state index is 0.613. The summed E-state index contributed by atoms with van der Waals surface area (Å²) in [5, 5.41) is 3.61. The highest BCUT2D eigenvalue weighted by Crippen LogP contribution is 2.40. The molecule has 1 aromatic carbocycles. The lowest BCUT2D eigenvalue weighted by molar-refractivity contribution is 0.410. The molecule has 1 fully saturated rings. The number of rotatable bonds is 2. The molecule has 2 unspecified atom stereocenters. The second-order valence-corrected chi connectivity index (χ2v) is 6.53. The molecule has 2 atom stereocenters. The number of para-hydroxylation sites is 1. The maximum atomic E-state index is 4.46. The third kappa shape index (κ3) is 2.15. The lowest BCUT2D eigenvalue weighted by atomic mass is 9.97. The van der Waals surface area contributed by atoms with Gasteiger partial charge in [-0.15, -0.1) is 0 Å². The van der Waals surface area contributed by atoms with E-state index in [0.717, 1.165) is 12.5 Å². The van der Waals surface area contributed by atoms with Gasteiger partial charge in [0, 0.05) is 23.8 Å². The van der Waals surface area contributed by atoms with Crippen molar-refractivity contribution in [3.05, 3.63) is 36.3 Å². The predicted octanol–water partition coefficient (Wildman–Crippen LogP) is 4.27. The van der Waals surface area contributed by atoms with Crippen molar-refractivity contribution in [2.45, 2.75) is 45.1 Å². The summed E-state index contributed by atoms with van der Waals surface area (Å²) >= 11 is 0. The van der Waals surface area contributed by atoms with Crippen molar-refractivity contribution in [3.63, 3.8) is 0 Å². The minimum absolute atomic E-state index is 0.613. The topological polar surface area (TPSA) is 29.9 Å². The summed E-state index contributed by atoms with van der Waals surface area (Å²) in [5.41, 5.74) is 5.38. The molecule has 110 valence electrons. The lowest BCUT2D eigenvalue weighted by Crippen LogP contribution is -2.15. The number of benzene rings is 1. The first-order valence-electron chi connectivity index (χ1n) is 8.22. The second-order valence-electron chi connectivity index (χ2n) is 6.53. The van der Waals surface area contributed by atoms with E-state index in [1.807, 2.05) is 12.5 Å². The Hall–Kier alpha value is -1.77. The van der Waals surface area contributed by atoms with Crippen LogP contribution in [0.3, 0.4) is 0 Å². The van der Waals surface area contributed by atoms with E-state index in [1.54, 1.807) is 0 Å². The molecule has 2 heterocycles. The molecule has 1 aliphatic heterocycles. The fourth-order valence-electron chi connectivity index (χ4n) is 4.04. The van der Waals surface area contributed by atoms with Gasteiger partial charge < -0.3 is 9.88 Å². The summed E-state index contributed by atoms with van der Waals surface area (Å²) in [7, 11) is 0. The third-order valence-electron chi connectivity index (χ3n) is 5.19. The number of anilines is 1. The van der Waals surface area contributed by atoms with Gasteiger partial charge in [0.1, 0.15) is 0 Å². The van der Waals surface area contributed by atoms with Crippen LogP contribution in [0, 0.1) is 5.92 Å². The van der Waals surface area contributed by atoms with Crippen LogP contribution in [0.4, 0.5) is 5.69 Å². The number of nitrogens with zero attached hydrogens (tertiary/aromatic N) is 2. The van der Waals surface area contributed by atoms with Gasteiger partial charge in [-0.2, -0.15) is 0 Å². The van der Waals surface area contributed by atoms with Crippen LogP contribution in [-0.2, 0) is 6.42 Å². The molecule has 1 aromatic heterocycles. The fraction of sp³-hybridized carbons (Fsp3) is 0.500. The highest BCUT2D eigenvalue weighted by Gasteiger charge is 2.27. The van der Waals surface area contributed by atoms with E-state index in [4.69, 9.17) is 0 Å². The molecule has 3 heteroatoms. The lowest BCUT2D eigenvalue weighted by Gasteiger charge is -2.24. The SMILES string of the molecule is CC1CCCC1n1cncc1-c1cccc2c1NCCC2. The molecule has 0 spiro atoms. The molecule has 4 rings (SSSR count). The second kappa shape index (κ2) is 5.21. The molecular weight excluding hydrogens is 258 g/mol. The largest absolute Gasteiger partial charge is 0.384 e. The van der Waals surface area contributed by atoms with E-state index in [-0.39, 0.29) is 0 Å². The number of nitrogens with one attached hydrogen (secondary N) is 1. The molecule has 21 heavy (non-hydrogen) atoms. The van der Waals surface area contributed by atoms with E-state index >= 15 is 0 Å². The first kappa shape index (κ1) is 12.9. The maximum Gasteiger partial charge on any atom is 0.0953 e. The van der Waals surface area contributed by atoms with Gasteiger partial charge in [-0.25, -0.2) is 4.98 Å². The van der Waals surface area contributed by atoms with Gasteiger partial charge in [-0.05, 0) is 37.2 Å². The average Bonchev–Trinajstić information content (AvgIpc) is 3.15. The van der Waals surface area contributed by atoms with Gasteiger partial charge in [0.15, 0.2) is 0 Å². The first-order chi connectivity index (χ1) is 10.3. The number of aromatic nitrogens is 2. The van der Waals surface area contributed by atoms with Gasteiger partial charge in [-0.1, -0.05) is 31.5 Å². The van der Waals surface area contributed by atoms with Gasteiger partial charge in [0.25, 0.3) is 0 Å². The molecule has 2 aromatic rings.